The molecule has 1 aliphatic heterocycles. The van der Waals surface area contributed by atoms with E-state index in [4.69, 9.17) is 4.74 Å². The van der Waals surface area contributed by atoms with Gasteiger partial charge in [-0.3, -0.25) is 9.59 Å². The summed E-state index contributed by atoms with van der Waals surface area (Å²) in [4.78, 5) is 23.0. The number of nitrogens with one attached hydrogen (secondary N) is 2. The number of ether oxygens (including phenoxy) is 1. The summed E-state index contributed by atoms with van der Waals surface area (Å²) >= 11 is 1.47. The second kappa shape index (κ2) is 4.74. The zero-order valence-corrected chi connectivity index (χ0v) is 10.6. The van der Waals surface area contributed by atoms with E-state index >= 15 is 0 Å². The van der Waals surface area contributed by atoms with E-state index in [9.17, 15) is 9.59 Å². The molecule has 5 nitrogen and oxygen atoms in total. The van der Waals surface area contributed by atoms with Crippen molar-refractivity contribution in [2.45, 2.75) is 0 Å². The number of thiophene rings is 1. The van der Waals surface area contributed by atoms with E-state index in [2.05, 4.69) is 10.6 Å². The van der Waals surface area contributed by atoms with Crippen molar-refractivity contribution in [1.82, 2.24) is 0 Å². The van der Waals surface area contributed by atoms with Crippen molar-refractivity contribution in [2.75, 3.05) is 17.2 Å². The number of amides is 2. The Morgan fingerprint density at radius 3 is 3.05 bits per heavy atom. The van der Waals surface area contributed by atoms with E-state index in [0.717, 1.165) is 0 Å². The fraction of sp³-hybridized carbons (Fsp3) is 0.0769. The molecular formula is C13H10N2O3S. The highest BCUT2D eigenvalue weighted by Crippen LogP contribution is 2.30. The molecule has 0 bridgehead atoms. The summed E-state index contributed by atoms with van der Waals surface area (Å²) in [6.45, 7) is -0.00503. The lowest BCUT2D eigenvalue weighted by Gasteiger charge is -2.18. The van der Waals surface area contributed by atoms with Gasteiger partial charge >= 0.3 is 0 Å². The summed E-state index contributed by atoms with van der Waals surface area (Å²) in [5.41, 5.74) is 1.87. The normalized spacial score (nSPS) is 13.2. The molecule has 0 saturated carbocycles. The van der Waals surface area contributed by atoms with Crippen LogP contribution in [0.5, 0.6) is 5.75 Å². The van der Waals surface area contributed by atoms with E-state index < -0.39 is 0 Å². The van der Waals surface area contributed by atoms with Crippen molar-refractivity contribution in [2.24, 2.45) is 0 Å². The zero-order valence-electron chi connectivity index (χ0n) is 9.80. The van der Waals surface area contributed by atoms with Crippen LogP contribution in [0.3, 0.4) is 0 Å². The molecule has 0 fully saturated rings. The predicted octanol–water partition coefficient (Wildman–Crippen LogP) is 2.33. The highest BCUT2D eigenvalue weighted by molar-refractivity contribution is 7.08. The number of hydrogen-bond acceptors (Lipinski definition) is 4. The van der Waals surface area contributed by atoms with Crippen LogP contribution >= 0.6 is 11.3 Å². The minimum Gasteiger partial charge on any atom is -0.482 e. The average Bonchev–Trinajstić information content (AvgIpc) is 2.93. The van der Waals surface area contributed by atoms with E-state index in [-0.39, 0.29) is 18.4 Å². The number of benzene rings is 1. The molecule has 0 unspecified atom stereocenters. The van der Waals surface area contributed by atoms with E-state index in [1.54, 1.807) is 29.6 Å². The number of carbonyl (C=O) groups is 2. The van der Waals surface area contributed by atoms with Gasteiger partial charge in [-0.2, -0.15) is 11.3 Å². The van der Waals surface area contributed by atoms with Crippen molar-refractivity contribution in [1.29, 1.82) is 0 Å². The third-order valence-electron chi connectivity index (χ3n) is 2.66. The molecule has 0 radical (unpaired) electrons. The summed E-state index contributed by atoms with van der Waals surface area (Å²) in [7, 11) is 0. The Morgan fingerprint density at radius 1 is 1.37 bits per heavy atom. The molecule has 6 heteroatoms. The summed E-state index contributed by atoms with van der Waals surface area (Å²) < 4.78 is 5.29. The van der Waals surface area contributed by atoms with Gasteiger partial charge in [-0.05, 0) is 23.6 Å². The molecule has 1 aromatic carbocycles. The van der Waals surface area contributed by atoms with Gasteiger partial charge in [0, 0.05) is 17.1 Å². The first kappa shape index (κ1) is 11.7. The van der Waals surface area contributed by atoms with Gasteiger partial charge in [-0.15, -0.1) is 0 Å². The molecule has 0 aliphatic carbocycles. The molecule has 0 atom stereocenters. The highest BCUT2D eigenvalue weighted by Gasteiger charge is 2.16. The molecule has 2 heterocycles. The topological polar surface area (TPSA) is 67.4 Å². The second-order valence-corrected chi connectivity index (χ2v) is 4.79. The first-order valence-electron chi connectivity index (χ1n) is 5.62. The molecule has 3 rings (SSSR count). The summed E-state index contributed by atoms with van der Waals surface area (Å²) in [5.74, 6) is 0.214. The largest absolute Gasteiger partial charge is 0.482 e. The van der Waals surface area contributed by atoms with Gasteiger partial charge in [0.15, 0.2) is 6.61 Å². The quantitative estimate of drug-likeness (QED) is 0.883. The van der Waals surface area contributed by atoms with Gasteiger partial charge in [0.25, 0.3) is 11.8 Å². The van der Waals surface area contributed by atoms with Crippen LogP contribution in [-0.4, -0.2) is 18.4 Å². The SMILES string of the molecule is O=C1COc2cc(NC(=O)c3ccsc3)ccc2N1. The fourth-order valence-corrected chi connectivity index (χ4v) is 2.39. The maximum Gasteiger partial charge on any atom is 0.262 e. The van der Waals surface area contributed by atoms with Crippen LogP contribution in [0, 0.1) is 0 Å². The van der Waals surface area contributed by atoms with Crippen LogP contribution in [0.25, 0.3) is 0 Å². The van der Waals surface area contributed by atoms with Gasteiger partial charge in [0.05, 0.1) is 11.3 Å². The molecule has 0 spiro atoms. The first-order chi connectivity index (χ1) is 9.22. The molecule has 19 heavy (non-hydrogen) atoms. The Hall–Kier alpha value is -2.34. The van der Waals surface area contributed by atoms with Crippen molar-refractivity contribution < 1.29 is 14.3 Å². The maximum atomic E-state index is 11.9. The summed E-state index contributed by atoms with van der Waals surface area (Å²) in [5, 5.41) is 9.10. The third-order valence-corrected chi connectivity index (χ3v) is 3.34. The predicted molar refractivity (Wildman–Crippen MR) is 72.8 cm³/mol. The maximum absolute atomic E-state index is 11.9. The van der Waals surface area contributed by atoms with Crippen LogP contribution in [0.4, 0.5) is 11.4 Å². The van der Waals surface area contributed by atoms with E-state index in [1.165, 1.54) is 11.3 Å². The number of anilines is 2. The number of hydrogen-bond donors (Lipinski definition) is 2. The molecule has 2 amide bonds. The van der Waals surface area contributed by atoms with Crippen LogP contribution < -0.4 is 15.4 Å². The van der Waals surface area contributed by atoms with Crippen LogP contribution in [0.15, 0.2) is 35.0 Å². The van der Waals surface area contributed by atoms with Crippen LogP contribution in [0.1, 0.15) is 10.4 Å². The second-order valence-electron chi connectivity index (χ2n) is 4.01. The third kappa shape index (κ3) is 2.43. The van der Waals surface area contributed by atoms with Gasteiger partial charge in [-0.1, -0.05) is 0 Å². The number of fused-ring (bicyclic) bond motifs is 1. The Morgan fingerprint density at radius 2 is 2.26 bits per heavy atom. The van der Waals surface area contributed by atoms with Crippen molar-refractivity contribution in [3.8, 4) is 5.75 Å². The van der Waals surface area contributed by atoms with Gasteiger partial charge in [0.2, 0.25) is 0 Å². The lowest BCUT2D eigenvalue weighted by atomic mass is 10.2. The first-order valence-corrected chi connectivity index (χ1v) is 6.57. The van der Waals surface area contributed by atoms with Gasteiger partial charge in [-0.25, -0.2) is 0 Å². The lowest BCUT2D eigenvalue weighted by molar-refractivity contribution is -0.118. The fourth-order valence-electron chi connectivity index (χ4n) is 1.75. The Kier molecular flexibility index (Phi) is 2.92. The average molecular weight is 274 g/mol. The monoisotopic (exact) mass is 274 g/mol. The van der Waals surface area contributed by atoms with Crippen LogP contribution in [0.2, 0.25) is 0 Å². The molecule has 1 aromatic heterocycles. The molecular weight excluding hydrogens is 264 g/mol. The van der Waals surface area contributed by atoms with Crippen molar-refractivity contribution >= 4 is 34.5 Å². The Balaban J connectivity index is 1.79. The molecule has 0 saturated heterocycles. The molecule has 2 N–H and O–H groups in total. The number of rotatable bonds is 2. The highest BCUT2D eigenvalue weighted by atomic mass is 32.1. The van der Waals surface area contributed by atoms with Crippen molar-refractivity contribution in [3.05, 3.63) is 40.6 Å². The van der Waals surface area contributed by atoms with Crippen molar-refractivity contribution in [3.63, 3.8) is 0 Å². The standard InChI is InChI=1S/C13H10N2O3S/c16-12-6-18-11-5-9(1-2-10(11)15-12)14-13(17)8-3-4-19-7-8/h1-5,7H,6H2,(H,14,17)(H,15,16). The molecule has 2 aromatic rings. The summed E-state index contributed by atoms with van der Waals surface area (Å²) in [6, 6.07) is 6.88. The minimum atomic E-state index is -0.178. The van der Waals surface area contributed by atoms with E-state index in [0.29, 0.717) is 22.7 Å². The Bertz CT molecular complexity index is 637. The van der Waals surface area contributed by atoms with Gasteiger partial charge in [0.1, 0.15) is 5.75 Å². The smallest absolute Gasteiger partial charge is 0.262 e. The molecule has 1 aliphatic rings. The van der Waals surface area contributed by atoms with Gasteiger partial charge < -0.3 is 15.4 Å². The Labute approximate surface area is 113 Å². The lowest BCUT2D eigenvalue weighted by Crippen LogP contribution is -2.25. The zero-order chi connectivity index (χ0) is 13.2. The molecule has 96 valence electrons. The van der Waals surface area contributed by atoms with Crippen LogP contribution in [-0.2, 0) is 4.79 Å². The minimum absolute atomic E-state index is 0.00503. The van der Waals surface area contributed by atoms with E-state index in [1.807, 2.05) is 5.38 Å². The number of carbonyl (C=O) groups excluding carboxylic acids is 2. The summed E-state index contributed by atoms with van der Waals surface area (Å²) in [6.07, 6.45) is 0.